The molecule has 0 spiro atoms. The molecule has 0 aromatic heterocycles. The number of hydrogen-bond donors (Lipinski definition) is 0. The number of aryl methyl sites for hydroxylation is 1. The Morgan fingerprint density at radius 3 is 2.50 bits per heavy atom. The second-order valence-electron chi connectivity index (χ2n) is 4.32. The van der Waals surface area contributed by atoms with E-state index in [1.54, 1.807) is 0 Å². The summed E-state index contributed by atoms with van der Waals surface area (Å²) in [4.78, 5) is 0.297. The Morgan fingerprint density at radius 1 is 1.17 bits per heavy atom. The van der Waals surface area contributed by atoms with Gasteiger partial charge in [-0.15, -0.1) is 0 Å². The van der Waals surface area contributed by atoms with E-state index in [-0.39, 0.29) is 0 Å². The summed E-state index contributed by atoms with van der Waals surface area (Å²) in [6, 6.07) is 14.7. The van der Waals surface area contributed by atoms with Crippen molar-refractivity contribution in [1.82, 2.24) is 0 Å². The molecule has 0 aliphatic carbocycles. The highest BCUT2D eigenvalue weighted by Gasteiger charge is 2.12. The van der Waals surface area contributed by atoms with E-state index in [9.17, 15) is 0 Å². The lowest BCUT2D eigenvalue weighted by molar-refractivity contribution is 0.942. The Labute approximate surface area is 135 Å². The van der Waals surface area contributed by atoms with Crippen LogP contribution in [0.4, 0.5) is 0 Å². The third-order valence-electron chi connectivity index (χ3n) is 2.83. The minimum Gasteiger partial charge on any atom is -0.0843 e. The maximum Gasteiger partial charge on any atom is 0.0446 e. The van der Waals surface area contributed by atoms with Gasteiger partial charge in [0, 0.05) is 13.4 Å². The molecule has 18 heavy (non-hydrogen) atoms. The molecular weight excluding hydrogens is 422 g/mol. The van der Waals surface area contributed by atoms with Gasteiger partial charge in [-0.1, -0.05) is 57.4 Å². The van der Waals surface area contributed by atoms with E-state index in [0.717, 1.165) is 11.4 Å². The van der Waals surface area contributed by atoms with Gasteiger partial charge in [-0.05, 0) is 65.3 Å². The van der Waals surface area contributed by atoms with E-state index in [1.165, 1.54) is 20.3 Å². The molecule has 0 aliphatic rings. The molecule has 0 N–H and O–H groups in total. The van der Waals surface area contributed by atoms with Crippen LogP contribution in [0.2, 0.25) is 5.02 Å². The summed E-state index contributed by atoms with van der Waals surface area (Å²) in [6.45, 7) is 2.11. The highest BCUT2D eigenvalue weighted by atomic mass is 127. The lowest BCUT2D eigenvalue weighted by atomic mass is 10.0. The summed E-state index contributed by atoms with van der Waals surface area (Å²) < 4.78 is 1.24. The van der Waals surface area contributed by atoms with Crippen molar-refractivity contribution in [1.29, 1.82) is 0 Å². The fourth-order valence-corrected chi connectivity index (χ4v) is 3.87. The average Bonchev–Trinajstić information content (AvgIpc) is 2.35. The van der Waals surface area contributed by atoms with Gasteiger partial charge in [0.2, 0.25) is 0 Å². The van der Waals surface area contributed by atoms with Crippen LogP contribution in [0.15, 0.2) is 42.5 Å². The van der Waals surface area contributed by atoms with E-state index in [4.69, 9.17) is 11.6 Å². The van der Waals surface area contributed by atoms with E-state index >= 15 is 0 Å². The van der Waals surface area contributed by atoms with Crippen molar-refractivity contribution in [3.05, 3.63) is 67.7 Å². The Hall–Kier alpha value is -0.0600. The van der Waals surface area contributed by atoms with Crippen molar-refractivity contribution in [3.63, 3.8) is 0 Å². The van der Waals surface area contributed by atoms with Gasteiger partial charge < -0.3 is 0 Å². The van der Waals surface area contributed by atoms with Gasteiger partial charge in [0.1, 0.15) is 0 Å². The zero-order valence-corrected chi connectivity index (χ0v) is 14.5. The maximum absolute atomic E-state index is 6.06. The molecule has 0 amide bonds. The molecule has 1 unspecified atom stereocenters. The van der Waals surface area contributed by atoms with Gasteiger partial charge in [0.15, 0.2) is 0 Å². The van der Waals surface area contributed by atoms with Crippen LogP contribution in [-0.4, -0.2) is 0 Å². The van der Waals surface area contributed by atoms with Gasteiger partial charge in [-0.2, -0.15) is 0 Å². The molecule has 94 valence electrons. The van der Waals surface area contributed by atoms with Gasteiger partial charge in [0.25, 0.3) is 0 Å². The van der Waals surface area contributed by atoms with Crippen LogP contribution in [0, 0.1) is 10.5 Å². The van der Waals surface area contributed by atoms with Crippen molar-refractivity contribution < 1.29 is 0 Å². The summed E-state index contributed by atoms with van der Waals surface area (Å²) in [7, 11) is 0. The fraction of sp³-hybridized carbons (Fsp3) is 0.200. The molecule has 2 rings (SSSR count). The molecule has 3 heteroatoms. The summed E-state index contributed by atoms with van der Waals surface area (Å²) in [5.41, 5.74) is 3.88. The lowest BCUT2D eigenvalue weighted by Crippen LogP contribution is -1.98. The van der Waals surface area contributed by atoms with Crippen molar-refractivity contribution in [2.75, 3.05) is 0 Å². The SMILES string of the molecule is Cc1ccc(CC(Br)c2cc(Cl)ccc2I)cc1. The van der Waals surface area contributed by atoms with Crippen molar-refractivity contribution in [3.8, 4) is 0 Å². The lowest BCUT2D eigenvalue weighted by Gasteiger charge is -2.13. The minimum atomic E-state index is 0.297. The Kier molecular flexibility index (Phi) is 5.10. The van der Waals surface area contributed by atoms with E-state index in [0.29, 0.717) is 4.83 Å². The van der Waals surface area contributed by atoms with Gasteiger partial charge in [0.05, 0.1) is 0 Å². The second kappa shape index (κ2) is 6.40. The minimum absolute atomic E-state index is 0.297. The number of benzene rings is 2. The number of halogens is 3. The first-order chi connectivity index (χ1) is 8.56. The molecule has 0 heterocycles. The molecule has 0 nitrogen and oxygen atoms in total. The number of alkyl halides is 1. The maximum atomic E-state index is 6.06. The normalized spacial score (nSPS) is 12.4. The summed E-state index contributed by atoms with van der Waals surface area (Å²) >= 11 is 12.2. The first-order valence-corrected chi connectivity index (χ1v) is 8.08. The Bertz CT molecular complexity index is 537. The van der Waals surface area contributed by atoms with Crippen molar-refractivity contribution >= 4 is 50.1 Å². The van der Waals surface area contributed by atoms with E-state index < -0.39 is 0 Å². The highest BCUT2D eigenvalue weighted by molar-refractivity contribution is 14.1. The van der Waals surface area contributed by atoms with Crippen LogP contribution in [0.25, 0.3) is 0 Å². The van der Waals surface area contributed by atoms with Crippen LogP contribution in [0.1, 0.15) is 21.5 Å². The molecule has 2 aromatic rings. The molecule has 0 saturated carbocycles. The first-order valence-electron chi connectivity index (χ1n) is 5.71. The first kappa shape index (κ1) is 14.4. The van der Waals surface area contributed by atoms with Gasteiger partial charge >= 0.3 is 0 Å². The average molecular weight is 436 g/mol. The van der Waals surface area contributed by atoms with Crippen molar-refractivity contribution in [2.45, 2.75) is 18.2 Å². The van der Waals surface area contributed by atoms with Gasteiger partial charge in [-0.3, -0.25) is 0 Å². The molecule has 0 bridgehead atoms. The van der Waals surface area contributed by atoms with E-state index in [1.807, 2.05) is 12.1 Å². The smallest absolute Gasteiger partial charge is 0.0446 e. The van der Waals surface area contributed by atoms with Crippen LogP contribution in [0.3, 0.4) is 0 Å². The Balaban J connectivity index is 2.18. The van der Waals surface area contributed by atoms with Crippen LogP contribution in [-0.2, 0) is 6.42 Å². The van der Waals surface area contributed by atoms with Crippen LogP contribution >= 0.6 is 50.1 Å². The number of hydrogen-bond acceptors (Lipinski definition) is 0. The highest BCUT2D eigenvalue weighted by Crippen LogP contribution is 2.32. The van der Waals surface area contributed by atoms with Gasteiger partial charge in [-0.25, -0.2) is 0 Å². The zero-order valence-electron chi connectivity index (χ0n) is 9.96. The molecule has 1 atom stereocenters. The molecule has 0 aliphatic heterocycles. The summed E-state index contributed by atoms with van der Waals surface area (Å²) in [6.07, 6.45) is 0.969. The standard InChI is InChI=1S/C15H13BrClI/c1-10-2-4-11(5-3-10)8-14(16)13-9-12(17)6-7-15(13)18/h2-7,9,14H,8H2,1H3. The second-order valence-corrected chi connectivity index (χ2v) is 7.03. The third-order valence-corrected chi connectivity index (χ3v) is 4.87. The summed E-state index contributed by atoms with van der Waals surface area (Å²) in [5.74, 6) is 0. The predicted octanol–water partition coefficient (Wildman–Crippen LogP) is 5.93. The molecule has 0 fully saturated rings. The predicted molar refractivity (Wildman–Crippen MR) is 90.7 cm³/mol. The third kappa shape index (κ3) is 3.72. The zero-order chi connectivity index (χ0) is 13.1. The number of rotatable bonds is 3. The van der Waals surface area contributed by atoms with Crippen LogP contribution < -0.4 is 0 Å². The molecule has 2 aromatic carbocycles. The largest absolute Gasteiger partial charge is 0.0843 e. The monoisotopic (exact) mass is 434 g/mol. The fourth-order valence-electron chi connectivity index (χ4n) is 1.80. The van der Waals surface area contributed by atoms with Crippen molar-refractivity contribution in [2.24, 2.45) is 0 Å². The molecule has 0 saturated heterocycles. The topological polar surface area (TPSA) is 0 Å². The quantitative estimate of drug-likeness (QED) is 0.414. The molecular formula is C15H13BrClI. The van der Waals surface area contributed by atoms with E-state index in [2.05, 4.69) is 75.8 Å². The molecule has 0 radical (unpaired) electrons. The van der Waals surface area contributed by atoms with Crippen LogP contribution in [0.5, 0.6) is 0 Å². The summed E-state index contributed by atoms with van der Waals surface area (Å²) in [5, 5.41) is 0.791. The Morgan fingerprint density at radius 2 is 1.83 bits per heavy atom.